The van der Waals surface area contributed by atoms with Crippen molar-refractivity contribution in [3.63, 3.8) is 0 Å². The summed E-state index contributed by atoms with van der Waals surface area (Å²) in [6.07, 6.45) is 5.70. The van der Waals surface area contributed by atoms with E-state index in [1.54, 1.807) is 14.0 Å². The van der Waals surface area contributed by atoms with E-state index >= 15 is 0 Å². The second-order valence-electron chi connectivity index (χ2n) is 5.73. The molecule has 0 aliphatic rings. The molecule has 0 aliphatic carbocycles. The molecule has 24 heavy (non-hydrogen) atoms. The summed E-state index contributed by atoms with van der Waals surface area (Å²) < 4.78 is 15.0. The highest BCUT2D eigenvalue weighted by molar-refractivity contribution is 5.76. The van der Waals surface area contributed by atoms with Gasteiger partial charge in [-0.25, -0.2) is 0 Å². The number of esters is 1. The minimum atomic E-state index is -0.634. The zero-order chi connectivity index (χ0) is 17.8. The quantitative estimate of drug-likeness (QED) is 0.351. The Morgan fingerprint density at radius 1 is 1.25 bits per heavy atom. The summed E-state index contributed by atoms with van der Waals surface area (Å²) in [5.41, 5.74) is 0.400. The van der Waals surface area contributed by atoms with Gasteiger partial charge in [-0.05, 0) is 50.8 Å². The molecule has 0 unspecified atom stereocenters. The molecule has 0 saturated heterocycles. The van der Waals surface area contributed by atoms with Crippen LogP contribution < -0.4 is 4.74 Å². The van der Waals surface area contributed by atoms with E-state index in [0.29, 0.717) is 38.9 Å². The number of rotatable bonds is 11. The molecule has 1 atom stereocenters. The number of hydrogen-bond acceptors (Lipinski definition) is 5. The molecule has 1 rings (SSSR count). The standard InChI is InChI=1S/C19H26O5/c1-4-24-18(21)19(2,13-6-14-23-15-20)12-5-7-16-8-10-17(22-3)11-9-16/h5,7-11,15H,4,6,12-14H2,1-3H3/b7-5+/t19-/m1/s1. The predicted octanol–water partition coefficient (Wildman–Crippen LogP) is 3.62. The summed E-state index contributed by atoms with van der Waals surface area (Å²) in [5.74, 6) is 0.578. The monoisotopic (exact) mass is 334 g/mol. The Morgan fingerprint density at radius 2 is 1.96 bits per heavy atom. The molecule has 0 amide bonds. The molecule has 0 N–H and O–H groups in total. The summed E-state index contributed by atoms with van der Waals surface area (Å²) in [6.45, 7) is 4.75. The summed E-state index contributed by atoms with van der Waals surface area (Å²) in [5, 5.41) is 0. The maximum Gasteiger partial charge on any atom is 0.312 e. The third-order valence-electron chi connectivity index (χ3n) is 3.82. The summed E-state index contributed by atoms with van der Waals surface area (Å²) in [6, 6.07) is 7.69. The molecule has 0 radical (unpaired) electrons. The van der Waals surface area contributed by atoms with Crippen LogP contribution in [0.25, 0.3) is 6.08 Å². The first-order chi connectivity index (χ1) is 11.6. The van der Waals surface area contributed by atoms with Gasteiger partial charge in [-0.1, -0.05) is 24.3 Å². The number of hydrogen-bond donors (Lipinski definition) is 0. The molecule has 0 bridgehead atoms. The number of carbonyl (C=O) groups is 2. The van der Waals surface area contributed by atoms with Crippen molar-refractivity contribution in [3.8, 4) is 5.75 Å². The van der Waals surface area contributed by atoms with Crippen molar-refractivity contribution in [1.29, 1.82) is 0 Å². The zero-order valence-electron chi connectivity index (χ0n) is 14.6. The maximum atomic E-state index is 12.3. The lowest BCUT2D eigenvalue weighted by molar-refractivity contribution is -0.154. The lowest BCUT2D eigenvalue weighted by Crippen LogP contribution is -2.30. The molecule has 5 nitrogen and oxygen atoms in total. The SMILES string of the molecule is CCOC(=O)[C@](C)(C/C=C/c1ccc(OC)cc1)CCCOC=O. The van der Waals surface area contributed by atoms with Crippen molar-refractivity contribution in [2.75, 3.05) is 20.3 Å². The highest BCUT2D eigenvalue weighted by atomic mass is 16.5. The third kappa shape index (κ3) is 6.44. The predicted molar refractivity (Wildman–Crippen MR) is 92.6 cm³/mol. The summed E-state index contributed by atoms with van der Waals surface area (Å²) in [4.78, 5) is 22.5. The van der Waals surface area contributed by atoms with Gasteiger partial charge in [0.2, 0.25) is 0 Å². The average molecular weight is 334 g/mol. The van der Waals surface area contributed by atoms with E-state index in [1.165, 1.54) is 0 Å². The van der Waals surface area contributed by atoms with Crippen LogP contribution >= 0.6 is 0 Å². The van der Waals surface area contributed by atoms with Gasteiger partial charge in [0.25, 0.3) is 6.47 Å². The molecule has 0 spiro atoms. The Bertz CT molecular complexity index is 535. The van der Waals surface area contributed by atoms with Crippen molar-refractivity contribution in [2.24, 2.45) is 5.41 Å². The Balaban J connectivity index is 2.69. The molecule has 0 aromatic heterocycles. The molecule has 0 heterocycles. The van der Waals surface area contributed by atoms with Crippen LogP contribution in [0.2, 0.25) is 0 Å². The number of carbonyl (C=O) groups excluding carboxylic acids is 2. The van der Waals surface area contributed by atoms with E-state index in [-0.39, 0.29) is 5.97 Å². The number of allylic oxidation sites excluding steroid dienone is 1. The average Bonchev–Trinajstić information content (AvgIpc) is 2.59. The van der Waals surface area contributed by atoms with Crippen LogP contribution in [0.15, 0.2) is 30.3 Å². The highest BCUT2D eigenvalue weighted by Gasteiger charge is 2.33. The van der Waals surface area contributed by atoms with Crippen LogP contribution in [0.1, 0.15) is 38.7 Å². The Hall–Kier alpha value is -2.30. The highest BCUT2D eigenvalue weighted by Crippen LogP contribution is 2.30. The largest absolute Gasteiger partial charge is 0.497 e. The van der Waals surface area contributed by atoms with Gasteiger partial charge in [-0.2, -0.15) is 0 Å². The Kier molecular flexibility index (Phi) is 8.61. The second-order valence-corrected chi connectivity index (χ2v) is 5.73. The fraction of sp³-hybridized carbons (Fsp3) is 0.474. The topological polar surface area (TPSA) is 61.8 Å². The van der Waals surface area contributed by atoms with Crippen molar-refractivity contribution in [2.45, 2.75) is 33.1 Å². The van der Waals surface area contributed by atoms with Gasteiger partial charge in [0.05, 0.1) is 25.7 Å². The number of ether oxygens (including phenoxy) is 3. The smallest absolute Gasteiger partial charge is 0.312 e. The second kappa shape index (κ2) is 10.5. The van der Waals surface area contributed by atoms with Crippen LogP contribution in [-0.2, 0) is 19.1 Å². The van der Waals surface area contributed by atoms with Crippen LogP contribution in [0.3, 0.4) is 0 Å². The zero-order valence-corrected chi connectivity index (χ0v) is 14.6. The first-order valence-electron chi connectivity index (χ1n) is 8.09. The first-order valence-corrected chi connectivity index (χ1v) is 8.09. The van der Waals surface area contributed by atoms with Gasteiger partial charge in [-0.3, -0.25) is 9.59 Å². The normalized spacial score (nSPS) is 13.3. The minimum absolute atomic E-state index is 0.226. The van der Waals surface area contributed by atoms with Gasteiger partial charge < -0.3 is 14.2 Å². The van der Waals surface area contributed by atoms with Crippen LogP contribution in [0, 0.1) is 5.41 Å². The van der Waals surface area contributed by atoms with Gasteiger partial charge in [-0.15, -0.1) is 0 Å². The molecule has 5 heteroatoms. The molecule has 0 saturated carbocycles. The molecular formula is C19H26O5. The van der Waals surface area contributed by atoms with E-state index in [9.17, 15) is 9.59 Å². The van der Waals surface area contributed by atoms with E-state index in [2.05, 4.69) is 0 Å². The van der Waals surface area contributed by atoms with Gasteiger partial charge in [0, 0.05) is 0 Å². The van der Waals surface area contributed by atoms with Gasteiger partial charge in [0.15, 0.2) is 0 Å². The fourth-order valence-electron chi connectivity index (χ4n) is 2.36. The van der Waals surface area contributed by atoms with E-state index in [0.717, 1.165) is 11.3 Å². The molecule has 0 fully saturated rings. The maximum absolute atomic E-state index is 12.3. The van der Waals surface area contributed by atoms with Crippen molar-refractivity contribution in [3.05, 3.63) is 35.9 Å². The van der Waals surface area contributed by atoms with Crippen molar-refractivity contribution < 1.29 is 23.8 Å². The van der Waals surface area contributed by atoms with E-state index in [1.807, 2.05) is 43.3 Å². The van der Waals surface area contributed by atoms with E-state index < -0.39 is 5.41 Å². The summed E-state index contributed by atoms with van der Waals surface area (Å²) in [7, 11) is 1.63. The van der Waals surface area contributed by atoms with Crippen LogP contribution in [0.4, 0.5) is 0 Å². The third-order valence-corrected chi connectivity index (χ3v) is 3.82. The lowest BCUT2D eigenvalue weighted by Gasteiger charge is -2.25. The fourth-order valence-corrected chi connectivity index (χ4v) is 2.36. The molecule has 132 valence electrons. The van der Waals surface area contributed by atoms with Crippen molar-refractivity contribution in [1.82, 2.24) is 0 Å². The number of benzene rings is 1. The molecule has 0 aliphatic heterocycles. The molecular weight excluding hydrogens is 308 g/mol. The van der Waals surface area contributed by atoms with Crippen molar-refractivity contribution >= 4 is 18.5 Å². The Labute approximate surface area is 143 Å². The lowest BCUT2D eigenvalue weighted by atomic mass is 9.82. The first kappa shape index (κ1) is 19.7. The minimum Gasteiger partial charge on any atom is -0.497 e. The van der Waals surface area contributed by atoms with Gasteiger partial charge >= 0.3 is 5.97 Å². The van der Waals surface area contributed by atoms with E-state index in [4.69, 9.17) is 14.2 Å². The molecule has 1 aromatic rings. The Morgan fingerprint density at radius 3 is 2.54 bits per heavy atom. The van der Waals surface area contributed by atoms with Crippen LogP contribution in [0.5, 0.6) is 5.75 Å². The van der Waals surface area contributed by atoms with Crippen LogP contribution in [-0.4, -0.2) is 32.8 Å². The molecule has 1 aromatic carbocycles. The van der Waals surface area contributed by atoms with Gasteiger partial charge in [0.1, 0.15) is 5.75 Å². The number of methoxy groups -OCH3 is 1. The summed E-state index contributed by atoms with van der Waals surface area (Å²) >= 11 is 0.